The molecule has 1 N–H and O–H groups in total. The van der Waals surface area contributed by atoms with Crippen LogP contribution in [0.4, 0.5) is 0 Å². The number of benzene rings is 1. The molecule has 0 saturated carbocycles. The Morgan fingerprint density at radius 1 is 1.29 bits per heavy atom. The van der Waals surface area contributed by atoms with Gasteiger partial charge >= 0.3 is 0 Å². The molecule has 1 atom stereocenters. The summed E-state index contributed by atoms with van der Waals surface area (Å²) in [6.45, 7) is 1.92. The molecule has 0 saturated heterocycles. The zero-order chi connectivity index (χ0) is 15.6. The van der Waals surface area contributed by atoms with Crippen molar-refractivity contribution >= 4 is 15.9 Å². The monoisotopic (exact) mass is 354 g/mol. The van der Waals surface area contributed by atoms with Crippen LogP contribution in [0.1, 0.15) is 23.1 Å². The van der Waals surface area contributed by atoms with E-state index in [1.807, 2.05) is 32.2 Å². The third-order valence-electron chi connectivity index (χ3n) is 3.45. The first-order valence-electron chi connectivity index (χ1n) is 6.56. The van der Waals surface area contributed by atoms with Gasteiger partial charge in [0.2, 0.25) is 0 Å². The number of rotatable bonds is 5. The number of ether oxygens (including phenoxy) is 2. The molecule has 0 fully saturated rings. The number of hydrogen-bond donors (Lipinski definition) is 1. The molecule has 0 aliphatic heterocycles. The van der Waals surface area contributed by atoms with Gasteiger partial charge in [0.15, 0.2) is 0 Å². The third-order valence-corrected chi connectivity index (χ3v) is 4.48. The molecule has 0 radical (unpaired) electrons. The fourth-order valence-corrected chi connectivity index (χ4v) is 2.89. The van der Waals surface area contributed by atoms with Crippen LogP contribution in [0.2, 0.25) is 0 Å². The Labute approximate surface area is 132 Å². The van der Waals surface area contributed by atoms with Gasteiger partial charge < -0.3 is 14.6 Å². The van der Waals surface area contributed by atoms with Gasteiger partial charge in [-0.05, 0) is 35.0 Å². The quantitative estimate of drug-likeness (QED) is 0.896. The van der Waals surface area contributed by atoms with Gasteiger partial charge in [0.05, 0.1) is 41.7 Å². The standard InChI is InChI=1S/C15H19BrN2O3/c1-9-15(16)10(18(2)17-9)8-11(19)14-12(20-3)6-5-7-13(14)21-4/h5-7,11,19H,8H2,1-4H3. The van der Waals surface area contributed by atoms with Crippen LogP contribution >= 0.6 is 15.9 Å². The molecule has 114 valence electrons. The summed E-state index contributed by atoms with van der Waals surface area (Å²) in [5.74, 6) is 1.22. The van der Waals surface area contributed by atoms with Gasteiger partial charge in [-0.1, -0.05) is 6.07 Å². The topological polar surface area (TPSA) is 56.5 Å². The van der Waals surface area contributed by atoms with E-state index < -0.39 is 6.10 Å². The fourth-order valence-electron chi connectivity index (χ4n) is 2.40. The van der Waals surface area contributed by atoms with E-state index in [9.17, 15) is 5.11 Å². The maximum Gasteiger partial charge on any atom is 0.128 e. The minimum atomic E-state index is -0.748. The van der Waals surface area contributed by atoms with Crippen molar-refractivity contribution in [2.75, 3.05) is 14.2 Å². The molecule has 21 heavy (non-hydrogen) atoms. The molecule has 6 heteroatoms. The molecule has 1 unspecified atom stereocenters. The molecular formula is C15H19BrN2O3. The summed E-state index contributed by atoms with van der Waals surface area (Å²) in [7, 11) is 5.02. The van der Waals surface area contributed by atoms with Gasteiger partial charge in [-0.2, -0.15) is 5.10 Å². The molecule has 2 rings (SSSR count). The summed E-state index contributed by atoms with van der Waals surface area (Å²) in [6, 6.07) is 5.45. The first-order valence-corrected chi connectivity index (χ1v) is 7.35. The highest BCUT2D eigenvalue weighted by molar-refractivity contribution is 9.10. The Bertz CT molecular complexity index is 618. The molecular weight excluding hydrogens is 336 g/mol. The van der Waals surface area contributed by atoms with Crippen LogP contribution < -0.4 is 9.47 Å². The van der Waals surface area contributed by atoms with E-state index in [-0.39, 0.29) is 0 Å². The molecule has 0 aliphatic rings. The first-order chi connectivity index (χ1) is 9.99. The second-order valence-corrected chi connectivity index (χ2v) is 5.56. The number of nitrogens with zero attached hydrogens (tertiary/aromatic N) is 2. The van der Waals surface area contributed by atoms with E-state index in [1.165, 1.54) is 0 Å². The van der Waals surface area contributed by atoms with Crippen molar-refractivity contribution < 1.29 is 14.6 Å². The summed E-state index contributed by atoms with van der Waals surface area (Å²) in [5.41, 5.74) is 2.47. The summed E-state index contributed by atoms with van der Waals surface area (Å²) < 4.78 is 13.4. The normalized spacial score (nSPS) is 12.3. The van der Waals surface area contributed by atoms with Crippen LogP contribution in [-0.2, 0) is 13.5 Å². The minimum absolute atomic E-state index is 0.411. The van der Waals surface area contributed by atoms with Crippen LogP contribution in [0.15, 0.2) is 22.7 Å². The minimum Gasteiger partial charge on any atom is -0.496 e. The second kappa shape index (κ2) is 6.49. The van der Waals surface area contributed by atoms with E-state index in [1.54, 1.807) is 18.9 Å². The summed E-state index contributed by atoms with van der Waals surface area (Å²) in [6.07, 6.45) is -0.337. The zero-order valence-electron chi connectivity index (χ0n) is 12.6. The summed E-state index contributed by atoms with van der Waals surface area (Å²) in [4.78, 5) is 0. The molecule has 5 nitrogen and oxygen atoms in total. The second-order valence-electron chi connectivity index (χ2n) is 4.77. The molecule has 0 spiro atoms. The molecule has 0 aliphatic carbocycles. The third kappa shape index (κ3) is 3.06. The van der Waals surface area contributed by atoms with Gasteiger partial charge in [-0.25, -0.2) is 0 Å². The van der Waals surface area contributed by atoms with Crippen molar-refractivity contribution in [3.05, 3.63) is 39.6 Å². The largest absolute Gasteiger partial charge is 0.496 e. The molecule has 1 heterocycles. The van der Waals surface area contributed by atoms with Crippen LogP contribution in [0.25, 0.3) is 0 Å². The lowest BCUT2D eigenvalue weighted by molar-refractivity contribution is 0.166. The van der Waals surface area contributed by atoms with Crippen molar-refractivity contribution in [1.82, 2.24) is 9.78 Å². The van der Waals surface area contributed by atoms with Crippen LogP contribution in [0.3, 0.4) is 0 Å². The van der Waals surface area contributed by atoms with Crippen molar-refractivity contribution in [2.45, 2.75) is 19.4 Å². The Hall–Kier alpha value is -1.53. The van der Waals surface area contributed by atoms with Gasteiger partial charge in [0.1, 0.15) is 11.5 Å². The molecule has 0 bridgehead atoms. The Morgan fingerprint density at radius 2 is 1.86 bits per heavy atom. The number of hydrogen-bond acceptors (Lipinski definition) is 4. The highest BCUT2D eigenvalue weighted by Crippen LogP contribution is 2.36. The van der Waals surface area contributed by atoms with E-state index in [0.29, 0.717) is 23.5 Å². The number of aliphatic hydroxyl groups excluding tert-OH is 1. The van der Waals surface area contributed by atoms with Crippen LogP contribution in [0.5, 0.6) is 11.5 Å². The molecule has 1 aromatic heterocycles. The van der Waals surface area contributed by atoms with Crippen LogP contribution in [0, 0.1) is 6.92 Å². The lowest BCUT2D eigenvalue weighted by Gasteiger charge is -2.18. The number of aliphatic hydroxyl groups is 1. The van der Waals surface area contributed by atoms with Gasteiger partial charge in [0, 0.05) is 13.5 Å². The first kappa shape index (κ1) is 15.9. The fraction of sp³-hybridized carbons (Fsp3) is 0.400. The van der Waals surface area contributed by atoms with Crippen molar-refractivity contribution in [3.63, 3.8) is 0 Å². The van der Waals surface area contributed by atoms with Crippen LogP contribution in [-0.4, -0.2) is 29.1 Å². The predicted octanol–water partition coefficient (Wildman–Crippen LogP) is 2.78. The van der Waals surface area contributed by atoms with E-state index >= 15 is 0 Å². The molecule has 2 aromatic rings. The average Bonchev–Trinajstić information content (AvgIpc) is 2.72. The number of aryl methyl sites for hydroxylation is 2. The summed E-state index contributed by atoms with van der Waals surface area (Å²) in [5, 5.41) is 15.0. The Kier molecular flexibility index (Phi) is 4.90. The number of methoxy groups -OCH3 is 2. The van der Waals surface area contributed by atoms with E-state index in [0.717, 1.165) is 15.9 Å². The zero-order valence-corrected chi connectivity index (χ0v) is 14.1. The smallest absolute Gasteiger partial charge is 0.128 e. The van der Waals surface area contributed by atoms with Crippen molar-refractivity contribution in [1.29, 1.82) is 0 Å². The highest BCUT2D eigenvalue weighted by atomic mass is 79.9. The van der Waals surface area contributed by atoms with Crippen molar-refractivity contribution in [2.24, 2.45) is 7.05 Å². The SMILES string of the molecule is COc1cccc(OC)c1C(O)Cc1c(Br)c(C)nn1C. The van der Waals surface area contributed by atoms with E-state index in [4.69, 9.17) is 9.47 Å². The molecule has 0 amide bonds. The van der Waals surface area contributed by atoms with Crippen molar-refractivity contribution in [3.8, 4) is 11.5 Å². The number of halogens is 1. The van der Waals surface area contributed by atoms with Gasteiger partial charge in [-0.15, -0.1) is 0 Å². The summed E-state index contributed by atoms with van der Waals surface area (Å²) >= 11 is 3.52. The highest BCUT2D eigenvalue weighted by Gasteiger charge is 2.22. The van der Waals surface area contributed by atoms with Gasteiger partial charge in [0.25, 0.3) is 0 Å². The predicted molar refractivity (Wildman–Crippen MR) is 83.9 cm³/mol. The number of aromatic nitrogens is 2. The lowest BCUT2D eigenvalue weighted by atomic mass is 10.0. The maximum atomic E-state index is 10.6. The Morgan fingerprint density at radius 3 is 2.29 bits per heavy atom. The molecule has 1 aromatic carbocycles. The lowest BCUT2D eigenvalue weighted by Crippen LogP contribution is -2.09. The van der Waals surface area contributed by atoms with E-state index in [2.05, 4.69) is 21.0 Å². The Balaban J connectivity index is 2.38. The van der Waals surface area contributed by atoms with Gasteiger partial charge in [-0.3, -0.25) is 4.68 Å². The maximum absolute atomic E-state index is 10.6. The average molecular weight is 355 g/mol.